The number of terminal acetylenes is 1. The van der Waals surface area contributed by atoms with Gasteiger partial charge in [-0.15, -0.1) is 29.5 Å². The minimum absolute atomic E-state index is 0.00245. The van der Waals surface area contributed by atoms with Crippen LogP contribution in [0.2, 0.25) is 0 Å². The molecule has 3 rings (SSSR count). The minimum Gasteiger partial charge on any atom is -0.350 e. The minimum atomic E-state index is -0.907. The number of thiazole rings is 1. The van der Waals surface area contributed by atoms with E-state index < -0.39 is 40.6 Å². The maximum absolute atomic E-state index is 14.1. The molecule has 12 nitrogen and oxygen atoms in total. The van der Waals surface area contributed by atoms with Gasteiger partial charge in [-0.25, -0.2) is 14.5 Å². The number of carbonyl (C=O) groups is 5. The summed E-state index contributed by atoms with van der Waals surface area (Å²) in [5.41, 5.74) is -0.636. The van der Waals surface area contributed by atoms with Gasteiger partial charge < -0.3 is 20.9 Å². The van der Waals surface area contributed by atoms with Crippen molar-refractivity contribution in [2.75, 3.05) is 25.4 Å². The van der Waals surface area contributed by atoms with E-state index in [0.29, 0.717) is 24.5 Å². The number of nitrogens with one attached hydrogen (secondary N) is 4. The summed E-state index contributed by atoms with van der Waals surface area (Å²) in [6.07, 6.45) is 12.4. The van der Waals surface area contributed by atoms with E-state index in [-0.39, 0.29) is 41.9 Å². The summed E-state index contributed by atoms with van der Waals surface area (Å²) in [5.74, 6) is 1.06. The topological polar surface area (TPSA) is 159 Å². The summed E-state index contributed by atoms with van der Waals surface area (Å²) in [7, 11) is 0. The Morgan fingerprint density at radius 1 is 1.17 bits per heavy atom. The lowest BCUT2D eigenvalue weighted by atomic mass is 9.82. The summed E-state index contributed by atoms with van der Waals surface area (Å²) in [5, 5.41) is 9.53. The molecule has 1 saturated carbocycles. The summed E-state index contributed by atoms with van der Waals surface area (Å²) in [6.45, 7) is 10.4. The number of likely N-dealkylation sites (N-methyl/N-ethyl adjacent to an activating group) is 1. The molecule has 1 aliphatic carbocycles. The van der Waals surface area contributed by atoms with Crippen molar-refractivity contribution in [2.24, 2.45) is 17.3 Å². The summed E-state index contributed by atoms with van der Waals surface area (Å²) >= 11 is 3.19. The van der Waals surface area contributed by atoms with Gasteiger partial charge in [0, 0.05) is 24.7 Å². The van der Waals surface area contributed by atoms with Crippen LogP contribution in [0.15, 0.2) is 11.6 Å². The van der Waals surface area contributed by atoms with Crippen LogP contribution in [-0.2, 0) is 18.6 Å². The first-order chi connectivity index (χ1) is 22.4. The van der Waals surface area contributed by atoms with Crippen LogP contribution >= 0.6 is 35.3 Å². The summed E-state index contributed by atoms with van der Waals surface area (Å²) < 4.78 is 8.66. The average Bonchev–Trinajstić information content (AvgIpc) is 3.71. The Bertz CT molecular complexity index is 1260. The number of hydrogen-bond donors (Lipinski definition) is 4. The molecule has 0 aromatic carbocycles. The van der Waals surface area contributed by atoms with Crippen molar-refractivity contribution < 1.29 is 28.2 Å². The molecule has 2 aliphatic rings. The molecule has 5 unspecified atom stereocenters. The van der Waals surface area contributed by atoms with Crippen LogP contribution < -0.4 is 20.7 Å². The van der Waals surface area contributed by atoms with E-state index >= 15 is 0 Å². The lowest BCUT2D eigenvalue weighted by Crippen LogP contribution is -2.60. The van der Waals surface area contributed by atoms with Gasteiger partial charge in [0.05, 0.1) is 36.7 Å². The third-order valence-electron chi connectivity index (χ3n) is 8.24. The highest BCUT2D eigenvalue weighted by Gasteiger charge is 2.42. The van der Waals surface area contributed by atoms with Crippen molar-refractivity contribution in [3.8, 4) is 12.3 Å². The van der Waals surface area contributed by atoms with Crippen LogP contribution in [0.5, 0.6) is 0 Å². The number of aromatic nitrogens is 1. The van der Waals surface area contributed by atoms with E-state index in [0.717, 1.165) is 56.1 Å². The van der Waals surface area contributed by atoms with E-state index in [2.05, 4.69) is 31.6 Å². The van der Waals surface area contributed by atoms with E-state index in [1.807, 2.05) is 27.7 Å². The maximum atomic E-state index is 14.1. The molecule has 4 N–H and O–H groups in total. The largest absolute Gasteiger partial charge is 0.350 e. The van der Waals surface area contributed by atoms with Crippen LogP contribution in [0.25, 0.3) is 0 Å². The quantitative estimate of drug-likeness (QED) is 0.0379. The van der Waals surface area contributed by atoms with Crippen molar-refractivity contribution in [1.82, 2.24) is 30.6 Å². The second kappa shape index (κ2) is 18.8. The van der Waals surface area contributed by atoms with E-state index in [1.165, 1.54) is 11.3 Å². The molecule has 47 heavy (non-hydrogen) atoms. The number of carbonyl (C=O) groups excluding carboxylic acids is 5. The standard InChI is InChI=1S/C32H48N6O6S3/c1-7-15-45-29(25(40)27(41)33-8-2)37-47-44-19-22-17-20(3)18-38(22)30(42)26(32(4,5)6)36-31(43)35-23(21-12-10-9-11-13-21)24(39)28-34-14-16-46-28/h1,14,16,20-23,26,29,37H,8-13,15,17-19H2,2-6H3,(H,33,41)(H2,35,36,43). The monoisotopic (exact) mass is 708 g/mol. The molecule has 15 heteroatoms. The highest BCUT2D eigenvalue weighted by molar-refractivity contribution is 8.02. The summed E-state index contributed by atoms with van der Waals surface area (Å²) in [4.78, 5) is 71.6. The predicted molar refractivity (Wildman–Crippen MR) is 186 cm³/mol. The fraction of sp³-hybridized carbons (Fsp3) is 0.688. The predicted octanol–water partition coefficient (Wildman–Crippen LogP) is 3.79. The molecule has 5 atom stereocenters. The van der Waals surface area contributed by atoms with Gasteiger partial charge in [0.1, 0.15) is 11.4 Å². The molecule has 0 bridgehead atoms. The Balaban J connectivity index is 1.66. The molecule has 1 aromatic heterocycles. The number of thioether (sulfide) groups is 1. The molecule has 260 valence electrons. The zero-order chi connectivity index (χ0) is 34.6. The molecule has 1 aromatic rings. The van der Waals surface area contributed by atoms with Gasteiger partial charge in [-0.3, -0.25) is 23.4 Å². The Labute approximate surface area is 290 Å². The molecule has 0 spiro atoms. The highest BCUT2D eigenvalue weighted by Crippen LogP contribution is 2.31. The zero-order valence-corrected chi connectivity index (χ0v) is 30.3. The van der Waals surface area contributed by atoms with Crippen molar-refractivity contribution in [3.05, 3.63) is 16.6 Å². The normalized spacial score (nSPS) is 20.5. The number of hydrogen-bond acceptors (Lipinski definition) is 11. The molecular weight excluding hydrogens is 661 g/mol. The van der Waals surface area contributed by atoms with Crippen molar-refractivity contribution in [2.45, 2.75) is 96.6 Å². The van der Waals surface area contributed by atoms with Crippen LogP contribution in [0.1, 0.15) is 82.9 Å². The molecular formula is C32H48N6O6S3. The molecule has 2 heterocycles. The number of Topliss-reactive ketones (excluding diaryl/α,β-unsaturated/α-hetero) is 2. The molecule has 4 amide bonds. The molecule has 1 saturated heterocycles. The molecule has 1 aliphatic heterocycles. The SMILES string of the molecule is C#CCSC(NSOCC1CC(C)CN1C(=O)C(NC(=O)NC(C(=O)c1nccs1)C1CCCCC1)C(C)(C)C)C(=O)C(=O)NCC. The van der Waals surface area contributed by atoms with Crippen molar-refractivity contribution in [1.29, 1.82) is 0 Å². The van der Waals surface area contributed by atoms with E-state index in [4.69, 9.17) is 10.6 Å². The third kappa shape index (κ3) is 11.5. The first-order valence-corrected chi connectivity index (χ1v) is 18.8. The Hall–Kier alpha value is -2.64. The Morgan fingerprint density at radius 2 is 1.89 bits per heavy atom. The van der Waals surface area contributed by atoms with E-state index in [1.54, 1.807) is 23.4 Å². The number of ketones is 2. The number of urea groups is 1. The van der Waals surface area contributed by atoms with Crippen molar-refractivity contribution >= 4 is 64.7 Å². The second-order valence-corrected chi connectivity index (χ2v) is 15.7. The number of nitrogens with zero attached hydrogens (tertiary/aromatic N) is 2. The number of rotatable bonds is 16. The number of likely N-dealkylation sites (tertiary alicyclic amines) is 1. The maximum Gasteiger partial charge on any atom is 0.316 e. The van der Waals surface area contributed by atoms with Gasteiger partial charge in [0.2, 0.25) is 17.5 Å². The summed E-state index contributed by atoms with van der Waals surface area (Å²) in [6, 6.07) is -2.44. The molecule has 2 fully saturated rings. The van der Waals surface area contributed by atoms with Gasteiger partial charge >= 0.3 is 6.03 Å². The molecule has 0 radical (unpaired) electrons. The highest BCUT2D eigenvalue weighted by atomic mass is 32.2. The van der Waals surface area contributed by atoms with Gasteiger partial charge in [-0.05, 0) is 43.4 Å². The first kappa shape index (κ1) is 38.8. The van der Waals surface area contributed by atoms with E-state index in [9.17, 15) is 24.0 Å². The zero-order valence-electron chi connectivity index (χ0n) is 27.8. The third-order valence-corrected chi connectivity index (χ3v) is 10.8. The van der Waals surface area contributed by atoms with Crippen LogP contribution in [0.4, 0.5) is 4.79 Å². The van der Waals surface area contributed by atoms with Gasteiger partial charge in [-0.1, -0.05) is 52.9 Å². The Morgan fingerprint density at radius 3 is 2.51 bits per heavy atom. The average molecular weight is 709 g/mol. The Kier molecular flexibility index (Phi) is 15.5. The first-order valence-electron chi connectivity index (χ1n) is 16.1. The van der Waals surface area contributed by atoms with Crippen LogP contribution in [0.3, 0.4) is 0 Å². The smallest absolute Gasteiger partial charge is 0.316 e. The van der Waals surface area contributed by atoms with Gasteiger partial charge in [0.15, 0.2) is 5.01 Å². The van der Waals surface area contributed by atoms with Crippen molar-refractivity contribution in [3.63, 3.8) is 0 Å². The van der Waals surface area contributed by atoms with Gasteiger partial charge in [0.25, 0.3) is 5.91 Å². The fourth-order valence-corrected chi connectivity index (χ4v) is 7.92. The van der Waals surface area contributed by atoms with Crippen LogP contribution in [0, 0.1) is 29.6 Å². The lowest BCUT2D eigenvalue weighted by Gasteiger charge is -2.36. The number of amides is 4. The fourth-order valence-electron chi connectivity index (χ4n) is 5.90. The van der Waals surface area contributed by atoms with Gasteiger partial charge in [-0.2, -0.15) is 0 Å². The second-order valence-electron chi connectivity index (χ2n) is 13.1. The van der Waals surface area contributed by atoms with Crippen LogP contribution in [-0.4, -0.2) is 88.2 Å². The lowest BCUT2D eigenvalue weighted by molar-refractivity contribution is -0.137.